The predicted molar refractivity (Wildman–Crippen MR) is 122 cm³/mol. The van der Waals surface area contributed by atoms with E-state index in [4.69, 9.17) is 21.1 Å². The summed E-state index contributed by atoms with van der Waals surface area (Å²) in [6, 6.07) is 12.0. The number of hydrazine groups is 1. The molecule has 0 radical (unpaired) electrons. The average molecular weight is 457 g/mol. The molecule has 3 aromatic rings. The van der Waals surface area contributed by atoms with Gasteiger partial charge in [0.25, 0.3) is 11.8 Å². The van der Waals surface area contributed by atoms with E-state index in [-0.39, 0.29) is 5.92 Å². The second-order valence-electron chi connectivity index (χ2n) is 7.20. The van der Waals surface area contributed by atoms with Gasteiger partial charge in [-0.05, 0) is 49.2 Å². The Bertz CT molecular complexity index is 1130. The maximum Gasteiger partial charge on any atom is 0.273 e. The summed E-state index contributed by atoms with van der Waals surface area (Å²) in [5.41, 5.74) is 6.99. The predicted octanol–water partition coefficient (Wildman–Crippen LogP) is 4.13. The number of hydrogen-bond acceptors (Lipinski definition) is 5. The van der Waals surface area contributed by atoms with E-state index in [0.29, 0.717) is 39.9 Å². The molecule has 2 N–H and O–H groups in total. The Kier molecular flexibility index (Phi) is 7.37. The molecule has 2 aromatic carbocycles. The summed E-state index contributed by atoms with van der Waals surface area (Å²) in [5.74, 6) is -0.0223. The van der Waals surface area contributed by atoms with Crippen molar-refractivity contribution in [3.63, 3.8) is 0 Å². The number of hydrogen-bond donors (Lipinski definition) is 2. The number of methoxy groups -OCH3 is 1. The van der Waals surface area contributed by atoms with Crippen molar-refractivity contribution in [3.8, 4) is 17.2 Å². The number of nitrogens with one attached hydrogen (secondary N) is 2. The first-order valence-electron chi connectivity index (χ1n) is 10.1. The first-order valence-corrected chi connectivity index (χ1v) is 10.5. The van der Waals surface area contributed by atoms with Gasteiger partial charge in [0.05, 0.1) is 36.9 Å². The standard InChI is InChI=1S/C23H25ClN4O4/c1-5-32-19-10-9-15(11-20(19)31-4)22(29)26-27-23(30)18-13-25-28(21(18)14(2)3)17-8-6-7-16(24)12-17/h6-14H,5H2,1-4H3,(H,26,29)(H,27,30). The van der Waals surface area contributed by atoms with E-state index >= 15 is 0 Å². The molecule has 168 valence electrons. The fourth-order valence-corrected chi connectivity index (χ4v) is 3.42. The van der Waals surface area contributed by atoms with Crippen molar-refractivity contribution in [2.45, 2.75) is 26.7 Å². The second-order valence-corrected chi connectivity index (χ2v) is 7.63. The highest BCUT2D eigenvalue weighted by molar-refractivity contribution is 6.30. The third-order valence-electron chi connectivity index (χ3n) is 4.67. The van der Waals surface area contributed by atoms with Crippen molar-refractivity contribution in [1.82, 2.24) is 20.6 Å². The lowest BCUT2D eigenvalue weighted by Gasteiger charge is -2.14. The van der Waals surface area contributed by atoms with E-state index in [0.717, 1.165) is 5.69 Å². The number of nitrogens with zero attached hydrogens (tertiary/aromatic N) is 2. The van der Waals surface area contributed by atoms with Crippen molar-refractivity contribution in [3.05, 3.63) is 70.5 Å². The number of halogens is 1. The van der Waals surface area contributed by atoms with E-state index in [1.165, 1.54) is 13.3 Å². The smallest absolute Gasteiger partial charge is 0.273 e. The summed E-state index contributed by atoms with van der Waals surface area (Å²) in [7, 11) is 1.49. The van der Waals surface area contributed by atoms with Crippen LogP contribution < -0.4 is 20.3 Å². The molecule has 0 saturated heterocycles. The highest BCUT2D eigenvalue weighted by atomic mass is 35.5. The fraction of sp³-hybridized carbons (Fsp3) is 0.261. The van der Waals surface area contributed by atoms with E-state index in [1.54, 1.807) is 35.0 Å². The number of amides is 2. The number of carbonyl (C=O) groups is 2. The summed E-state index contributed by atoms with van der Waals surface area (Å²) in [5, 5.41) is 4.93. The molecule has 0 unspecified atom stereocenters. The van der Waals surface area contributed by atoms with Crippen LogP contribution in [0, 0.1) is 0 Å². The zero-order chi connectivity index (χ0) is 23.3. The SMILES string of the molecule is CCOc1ccc(C(=O)NNC(=O)c2cnn(-c3cccc(Cl)c3)c2C(C)C)cc1OC. The molecule has 0 fully saturated rings. The van der Waals surface area contributed by atoms with Gasteiger partial charge in [-0.15, -0.1) is 0 Å². The van der Waals surface area contributed by atoms with Crippen molar-refractivity contribution >= 4 is 23.4 Å². The number of aromatic nitrogens is 2. The first-order chi connectivity index (χ1) is 15.3. The minimum atomic E-state index is -0.493. The molecule has 0 aliphatic rings. The van der Waals surface area contributed by atoms with E-state index < -0.39 is 11.8 Å². The average Bonchev–Trinajstić information content (AvgIpc) is 3.23. The largest absolute Gasteiger partial charge is 0.493 e. The molecule has 3 rings (SSSR count). The Labute approximate surface area is 191 Å². The third kappa shape index (κ3) is 5.03. The van der Waals surface area contributed by atoms with Crippen LogP contribution in [0.4, 0.5) is 0 Å². The molecular formula is C23H25ClN4O4. The summed E-state index contributed by atoms with van der Waals surface area (Å²) < 4.78 is 12.4. The molecule has 0 bridgehead atoms. The van der Waals surface area contributed by atoms with E-state index in [1.807, 2.05) is 32.9 Å². The van der Waals surface area contributed by atoms with Crippen LogP contribution in [0.1, 0.15) is 53.1 Å². The quantitative estimate of drug-likeness (QED) is 0.521. The molecule has 1 aromatic heterocycles. The monoisotopic (exact) mass is 456 g/mol. The highest BCUT2D eigenvalue weighted by Crippen LogP contribution is 2.28. The molecule has 1 heterocycles. The molecule has 0 aliphatic carbocycles. The summed E-state index contributed by atoms with van der Waals surface area (Å²) in [6.45, 7) is 6.24. The molecular weight excluding hydrogens is 432 g/mol. The number of carbonyl (C=O) groups excluding carboxylic acids is 2. The normalized spacial score (nSPS) is 10.7. The van der Waals surface area contributed by atoms with Gasteiger partial charge >= 0.3 is 0 Å². The van der Waals surface area contributed by atoms with Gasteiger partial charge in [-0.3, -0.25) is 20.4 Å². The van der Waals surface area contributed by atoms with Crippen LogP contribution in [-0.4, -0.2) is 35.3 Å². The first kappa shape index (κ1) is 23.1. The number of benzene rings is 2. The van der Waals surface area contributed by atoms with Gasteiger partial charge in [-0.1, -0.05) is 31.5 Å². The molecule has 0 saturated carbocycles. The Balaban J connectivity index is 1.77. The zero-order valence-electron chi connectivity index (χ0n) is 18.3. The lowest BCUT2D eigenvalue weighted by atomic mass is 10.1. The lowest BCUT2D eigenvalue weighted by Crippen LogP contribution is -2.42. The lowest BCUT2D eigenvalue weighted by molar-refractivity contribution is 0.0845. The Morgan fingerprint density at radius 3 is 2.50 bits per heavy atom. The molecule has 9 heteroatoms. The maximum absolute atomic E-state index is 12.8. The fourth-order valence-electron chi connectivity index (χ4n) is 3.24. The summed E-state index contributed by atoms with van der Waals surface area (Å²) >= 11 is 6.10. The van der Waals surface area contributed by atoms with Crippen molar-refractivity contribution < 1.29 is 19.1 Å². The Hall–Kier alpha value is -3.52. The van der Waals surface area contributed by atoms with Crippen LogP contribution in [-0.2, 0) is 0 Å². The summed E-state index contributed by atoms with van der Waals surface area (Å²) in [4.78, 5) is 25.4. The van der Waals surface area contributed by atoms with Crippen molar-refractivity contribution in [1.29, 1.82) is 0 Å². The van der Waals surface area contributed by atoms with Crippen LogP contribution in [0.15, 0.2) is 48.7 Å². The van der Waals surface area contributed by atoms with Crippen LogP contribution in [0.3, 0.4) is 0 Å². The van der Waals surface area contributed by atoms with E-state index in [2.05, 4.69) is 16.0 Å². The van der Waals surface area contributed by atoms with Crippen LogP contribution in [0.2, 0.25) is 5.02 Å². The minimum Gasteiger partial charge on any atom is -0.493 e. The third-order valence-corrected chi connectivity index (χ3v) is 4.90. The van der Waals surface area contributed by atoms with E-state index in [9.17, 15) is 9.59 Å². The maximum atomic E-state index is 12.8. The van der Waals surface area contributed by atoms with Gasteiger partial charge in [0.15, 0.2) is 11.5 Å². The molecule has 0 spiro atoms. The second kappa shape index (κ2) is 10.2. The van der Waals surface area contributed by atoms with Gasteiger partial charge in [-0.25, -0.2) is 4.68 Å². The van der Waals surface area contributed by atoms with Gasteiger partial charge in [0, 0.05) is 10.6 Å². The van der Waals surface area contributed by atoms with Gasteiger partial charge in [0.2, 0.25) is 0 Å². The molecule has 2 amide bonds. The van der Waals surface area contributed by atoms with Gasteiger partial charge in [0.1, 0.15) is 0 Å². The minimum absolute atomic E-state index is 0.0108. The van der Waals surface area contributed by atoms with Crippen molar-refractivity contribution in [2.24, 2.45) is 0 Å². The van der Waals surface area contributed by atoms with Gasteiger partial charge in [-0.2, -0.15) is 5.10 Å². The molecule has 32 heavy (non-hydrogen) atoms. The topological polar surface area (TPSA) is 94.5 Å². The Morgan fingerprint density at radius 1 is 1.09 bits per heavy atom. The molecule has 0 aliphatic heterocycles. The van der Waals surface area contributed by atoms with Crippen molar-refractivity contribution in [2.75, 3.05) is 13.7 Å². The highest BCUT2D eigenvalue weighted by Gasteiger charge is 2.22. The molecule has 8 nitrogen and oxygen atoms in total. The Morgan fingerprint density at radius 2 is 1.84 bits per heavy atom. The van der Waals surface area contributed by atoms with Crippen LogP contribution in [0.5, 0.6) is 11.5 Å². The zero-order valence-corrected chi connectivity index (χ0v) is 19.1. The summed E-state index contributed by atoms with van der Waals surface area (Å²) in [6.07, 6.45) is 1.47. The number of ether oxygens (including phenoxy) is 2. The molecule has 0 atom stereocenters. The van der Waals surface area contributed by atoms with Crippen LogP contribution in [0.25, 0.3) is 5.69 Å². The van der Waals surface area contributed by atoms with Crippen LogP contribution >= 0.6 is 11.6 Å². The van der Waals surface area contributed by atoms with Gasteiger partial charge < -0.3 is 9.47 Å². The number of rotatable bonds is 7.